The fourth-order valence-corrected chi connectivity index (χ4v) is 4.86. The highest BCUT2D eigenvalue weighted by Crippen LogP contribution is 2.32. The maximum absolute atomic E-state index is 12.8. The average molecular weight is 366 g/mol. The van der Waals surface area contributed by atoms with E-state index in [0.717, 1.165) is 38.5 Å². The van der Waals surface area contributed by atoms with Gasteiger partial charge in [0.15, 0.2) is 0 Å². The number of sulfonamides is 1. The van der Waals surface area contributed by atoms with Crippen LogP contribution < -0.4 is 14.8 Å². The Kier molecular flexibility index (Phi) is 5.34. The second-order valence-corrected chi connectivity index (χ2v) is 8.75. The Labute approximate surface area is 149 Å². The van der Waals surface area contributed by atoms with Crippen molar-refractivity contribution in [2.75, 3.05) is 7.11 Å². The van der Waals surface area contributed by atoms with Crippen molar-refractivity contribution in [2.24, 2.45) is 5.92 Å². The second-order valence-electron chi connectivity index (χ2n) is 7.07. The molecule has 7 heteroatoms. The Bertz CT molecular complexity index is 737. The summed E-state index contributed by atoms with van der Waals surface area (Å²) >= 11 is 0. The number of carbonyl (C=O) groups excluding carboxylic acids is 1. The molecule has 1 aromatic carbocycles. The molecule has 2 saturated carbocycles. The number of methoxy groups -OCH3 is 1. The molecule has 2 N–H and O–H groups in total. The molecule has 0 heterocycles. The first-order valence-corrected chi connectivity index (χ1v) is 10.4. The highest BCUT2D eigenvalue weighted by molar-refractivity contribution is 7.89. The van der Waals surface area contributed by atoms with Crippen molar-refractivity contribution in [1.29, 1.82) is 0 Å². The van der Waals surface area contributed by atoms with Crippen LogP contribution in [0.25, 0.3) is 0 Å². The topological polar surface area (TPSA) is 84.5 Å². The molecule has 1 amide bonds. The van der Waals surface area contributed by atoms with E-state index in [-0.39, 0.29) is 28.6 Å². The number of hydrogen-bond acceptors (Lipinski definition) is 4. The van der Waals surface area contributed by atoms with Crippen molar-refractivity contribution >= 4 is 15.9 Å². The first-order chi connectivity index (χ1) is 11.9. The monoisotopic (exact) mass is 366 g/mol. The van der Waals surface area contributed by atoms with E-state index in [1.165, 1.54) is 13.2 Å². The summed E-state index contributed by atoms with van der Waals surface area (Å²) in [4.78, 5) is 12.5. The predicted octanol–water partition coefficient (Wildman–Crippen LogP) is 2.44. The van der Waals surface area contributed by atoms with Crippen LogP contribution in [0.1, 0.15) is 55.8 Å². The summed E-state index contributed by atoms with van der Waals surface area (Å²) in [6, 6.07) is 4.61. The highest BCUT2D eigenvalue weighted by Gasteiger charge is 2.30. The number of carbonyl (C=O) groups is 1. The van der Waals surface area contributed by atoms with Gasteiger partial charge in [-0.05, 0) is 56.7 Å². The van der Waals surface area contributed by atoms with Crippen molar-refractivity contribution < 1.29 is 17.9 Å². The lowest BCUT2D eigenvalue weighted by Crippen LogP contribution is -2.35. The van der Waals surface area contributed by atoms with E-state index in [4.69, 9.17) is 4.74 Å². The number of nitrogens with one attached hydrogen (secondary N) is 2. The first kappa shape index (κ1) is 18.2. The predicted molar refractivity (Wildman–Crippen MR) is 95.2 cm³/mol. The quantitative estimate of drug-likeness (QED) is 0.776. The molecule has 3 rings (SSSR count). The third kappa shape index (κ3) is 4.33. The Balaban J connectivity index is 1.82. The summed E-state index contributed by atoms with van der Waals surface area (Å²) in [6.45, 7) is 1.98. The van der Waals surface area contributed by atoms with E-state index in [1.54, 1.807) is 12.1 Å². The summed E-state index contributed by atoms with van der Waals surface area (Å²) in [7, 11) is -2.30. The number of amides is 1. The van der Waals surface area contributed by atoms with Gasteiger partial charge in [-0.1, -0.05) is 12.8 Å². The van der Waals surface area contributed by atoms with Crippen molar-refractivity contribution in [3.63, 3.8) is 0 Å². The number of ether oxygens (including phenoxy) is 1. The van der Waals surface area contributed by atoms with Gasteiger partial charge in [0.05, 0.1) is 7.11 Å². The van der Waals surface area contributed by atoms with Gasteiger partial charge < -0.3 is 10.1 Å². The summed E-state index contributed by atoms with van der Waals surface area (Å²) in [5, 5.41) is 2.95. The van der Waals surface area contributed by atoms with Crippen LogP contribution >= 0.6 is 0 Å². The summed E-state index contributed by atoms with van der Waals surface area (Å²) in [6.07, 6.45) is 6.03. The van der Waals surface area contributed by atoms with Gasteiger partial charge >= 0.3 is 0 Å². The van der Waals surface area contributed by atoms with Gasteiger partial charge in [0.1, 0.15) is 10.6 Å². The van der Waals surface area contributed by atoms with Crippen LogP contribution in [0.3, 0.4) is 0 Å². The highest BCUT2D eigenvalue weighted by atomic mass is 32.2. The molecule has 0 spiro atoms. The van der Waals surface area contributed by atoms with Crippen molar-refractivity contribution in [2.45, 2.75) is 62.4 Å². The number of rotatable bonds is 7. The fourth-order valence-electron chi connectivity index (χ4n) is 3.36. The van der Waals surface area contributed by atoms with Crippen LogP contribution in [-0.4, -0.2) is 33.5 Å². The van der Waals surface area contributed by atoms with Gasteiger partial charge in [-0.25, -0.2) is 13.1 Å². The average Bonchev–Trinajstić information content (AvgIpc) is 3.33. The Morgan fingerprint density at radius 3 is 2.48 bits per heavy atom. The first-order valence-electron chi connectivity index (χ1n) is 8.92. The van der Waals surface area contributed by atoms with Crippen LogP contribution in [0.5, 0.6) is 5.75 Å². The van der Waals surface area contributed by atoms with Crippen LogP contribution in [-0.2, 0) is 10.0 Å². The minimum Gasteiger partial charge on any atom is -0.495 e. The third-order valence-corrected chi connectivity index (χ3v) is 6.62. The normalized spacial score (nSPS) is 19.6. The molecule has 6 nitrogen and oxygen atoms in total. The lowest BCUT2D eigenvalue weighted by atomic mass is 10.1. The molecule has 0 aromatic heterocycles. The summed E-state index contributed by atoms with van der Waals surface area (Å²) < 4.78 is 33.5. The molecular weight excluding hydrogens is 340 g/mol. The van der Waals surface area contributed by atoms with Crippen molar-refractivity contribution in [1.82, 2.24) is 10.0 Å². The second kappa shape index (κ2) is 7.33. The maximum Gasteiger partial charge on any atom is 0.251 e. The Hall–Kier alpha value is -1.60. The molecule has 25 heavy (non-hydrogen) atoms. The lowest BCUT2D eigenvalue weighted by molar-refractivity contribution is 0.0935. The maximum atomic E-state index is 12.8. The molecule has 2 aliphatic carbocycles. The third-order valence-electron chi connectivity index (χ3n) is 5.08. The lowest BCUT2D eigenvalue weighted by Gasteiger charge is -2.17. The van der Waals surface area contributed by atoms with E-state index in [1.807, 2.05) is 6.92 Å². The van der Waals surface area contributed by atoms with Gasteiger partial charge in [-0.15, -0.1) is 0 Å². The van der Waals surface area contributed by atoms with Crippen molar-refractivity contribution in [3.05, 3.63) is 23.8 Å². The molecule has 1 atom stereocenters. The summed E-state index contributed by atoms with van der Waals surface area (Å²) in [5.41, 5.74) is 0.333. The van der Waals surface area contributed by atoms with E-state index >= 15 is 0 Å². The molecule has 0 aliphatic heterocycles. The molecular formula is C18H26N2O4S. The standard InChI is InChI=1S/C18H26N2O4S/c1-12(13-7-8-13)19-18(21)14-9-10-16(24-2)17(11-14)25(22,23)20-15-5-3-4-6-15/h9-13,15,20H,3-8H2,1-2H3,(H,19,21). The molecule has 0 saturated heterocycles. The van der Waals surface area contributed by atoms with Crippen LogP contribution in [0.2, 0.25) is 0 Å². The molecule has 0 radical (unpaired) electrons. The van der Waals surface area contributed by atoms with Crippen LogP contribution in [0.4, 0.5) is 0 Å². The Morgan fingerprint density at radius 2 is 1.88 bits per heavy atom. The largest absolute Gasteiger partial charge is 0.495 e. The fraction of sp³-hybridized carbons (Fsp3) is 0.611. The molecule has 1 unspecified atom stereocenters. The number of benzene rings is 1. The van der Waals surface area contributed by atoms with Gasteiger partial charge in [-0.2, -0.15) is 0 Å². The van der Waals surface area contributed by atoms with Gasteiger partial charge in [-0.3, -0.25) is 4.79 Å². The molecule has 2 aliphatic rings. The van der Waals surface area contributed by atoms with Gasteiger partial charge in [0.2, 0.25) is 10.0 Å². The van der Waals surface area contributed by atoms with E-state index in [9.17, 15) is 13.2 Å². The van der Waals surface area contributed by atoms with E-state index in [0.29, 0.717) is 11.5 Å². The van der Waals surface area contributed by atoms with E-state index in [2.05, 4.69) is 10.0 Å². The van der Waals surface area contributed by atoms with Crippen LogP contribution in [0, 0.1) is 5.92 Å². The zero-order valence-corrected chi connectivity index (χ0v) is 15.6. The minimum atomic E-state index is -3.73. The zero-order valence-electron chi connectivity index (χ0n) is 14.7. The zero-order chi connectivity index (χ0) is 18.0. The van der Waals surface area contributed by atoms with Crippen LogP contribution in [0.15, 0.2) is 23.1 Å². The number of hydrogen-bond donors (Lipinski definition) is 2. The van der Waals surface area contributed by atoms with E-state index < -0.39 is 10.0 Å². The molecule has 0 bridgehead atoms. The minimum absolute atomic E-state index is 0.0219. The van der Waals surface area contributed by atoms with Gasteiger partial charge in [0.25, 0.3) is 5.91 Å². The smallest absolute Gasteiger partial charge is 0.251 e. The SMILES string of the molecule is COc1ccc(C(=O)NC(C)C2CC2)cc1S(=O)(=O)NC1CCCC1. The summed E-state index contributed by atoms with van der Waals surface area (Å²) in [5.74, 6) is 0.533. The Morgan fingerprint density at radius 1 is 1.20 bits per heavy atom. The molecule has 138 valence electrons. The van der Waals surface area contributed by atoms with Gasteiger partial charge in [0, 0.05) is 17.6 Å². The molecule has 1 aromatic rings. The molecule has 2 fully saturated rings. The van der Waals surface area contributed by atoms with Crippen molar-refractivity contribution in [3.8, 4) is 5.75 Å².